The molecule has 1 aliphatic carbocycles. The molecule has 0 saturated heterocycles. The van der Waals surface area contributed by atoms with Crippen LogP contribution in [0.4, 0.5) is 16.2 Å². The molecule has 1 aliphatic rings. The zero-order chi connectivity index (χ0) is 21.3. The van der Waals surface area contributed by atoms with E-state index in [2.05, 4.69) is 15.6 Å². The Morgan fingerprint density at radius 2 is 2.03 bits per heavy atom. The molecule has 0 bridgehead atoms. The van der Waals surface area contributed by atoms with Gasteiger partial charge in [-0.3, -0.25) is 10.1 Å². The summed E-state index contributed by atoms with van der Waals surface area (Å²) in [4.78, 5) is 26.4. The molecule has 4 rings (SSSR count). The number of carbonyl (C=O) groups is 1. The van der Waals surface area contributed by atoms with Crippen molar-refractivity contribution >= 4 is 40.0 Å². The summed E-state index contributed by atoms with van der Waals surface area (Å²) < 4.78 is 5.79. The number of fused-ring (bicyclic) bond motifs is 1. The SMILES string of the molecule is CC(Nc1cccc(NC(=O)O)c1)c1cc2cc(Cl)c(OCC3CC3)cc2[nH]c1=O. The Balaban J connectivity index is 1.57. The third-order valence-electron chi connectivity index (χ3n) is 5.06. The highest BCUT2D eigenvalue weighted by molar-refractivity contribution is 6.32. The summed E-state index contributed by atoms with van der Waals surface area (Å²) in [6.07, 6.45) is 1.24. The molecule has 7 nitrogen and oxygen atoms in total. The number of halogens is 1. The van der Waals surface area contributed by atoms with Crippen molar-refractivity contribution in [3.05, 3.63) is 63.4 Å². The highest BCUT2D eigenvalue weighted by atomic mass is 35.5. The second kappa shape index (κ2) is 8.28. The van der Waals surface area contributed by atoms with Crippen molar-refractivity contribution in [1.82, 2.24) is 4.98 Å². The van der Waals surface area contributed by atoms with Crippen molar-refractivity contribution in [2.45, 2.75) is 25.8 Å². The molecule has 8 heteroatoms. The number of benzene rings is 2. The number of anilines is 2. The van der Waals surface area contributed by atoms with E-state index < -0.39 is 6.09 Å². The van der Waals surface area contributed by atoms with Gasteiger partial charge in [0.25, 0.3) is 5.56 Å². The van der Waals surface area contributed by atoms with Crippen LogP contribution < -0.4 is 20.9 Å². The fourth-order valence-corrected chi connectivity index (χ4v) is 3.51. The van der Waals surface area contributed by atoms with Gasteiger partial charge in [0.15, 0.2) is 0 Å². The molecule has 0 spiro atoms. The summed E-state index contributed by atoms with van der Waals surface area (Å²) >= 11 is 6.38. The van der Waals surface area contributed by atoms with Crippen molar-refractivity contribution in [2.75, 3.05) is 17.2 Å². The van der Waals surface area contributed by atoms with Crippen LogP contribution in [0.1, 0.15) is 31.4 Å². The van der Waals surface area contributed by atoms with E-state index in [1.807, 2.05) is 13.0 Å². The number of ether oxygens (including phenoxy) is 1. The topological polar surface area (TPSA) is 103 Å². The lowest BCUT2D eigenvalue weighted by atomic mass is 10.1. The number of aromatic nitrogens is 1. The van der Waals surface area contributed by atoms with E-state index in [9.17, 15) is 9.59 Å². The zero-order valence-corrected chi connectivity index (χ0v) is 17.1. The molecule has 1 fully saturated rings. The summed E-state index contributed by atoms with van der Waals surface area (Å²) in [7, 11) is 0. The standard InChI is InChI=1S/C22H22ClN3O4/c1-12(24-15-3-2-4-16(9-15)25-22(28)29)17-7-14-8-18(23)20(30-11-13-5-6-13)10-19(14)26-21(17)27/h2-4,7-10,12-13,24-25H,5-6,11H2,1H3,(H,26,27)(H,28,29). The van der Waals surface area contributed by atoms with Crippen LogP contribution in [0.15, 0.2) is 47.3 Å². The van der Waals surface area contributed by atoms with Crippen LogP contribution in [0.3, 0.4) is 0 Å². The average molecular weight is 428 g/mol. The van der Waals surface area contributed by atoms with Gasteiger partial charge in [0.05, 0.1) is 23.2 Å². The molecule has 0 radical (unpaired) electrons. The van der Waals surface area contributed by atoms with Crippen LogP contribution in [-0.4, -0.2) is 22.8 Å². The predicted octanol–water partition coefficient (Wildman–Crippen LogP) is 5.23. The van der Waals surface area contributed by atoms with Gasteiger partial charge in [0, 0.05) is 28.4 Å². The van der Waals surface area contributed by atoms with Gasteiger partial charge < -0.3 is 20.1 Å². The molecule has 2 aromatic carbocycles. The van der Waals surface area contributed by atoms with Crippen LogP contribution in [0.2, 0.25) is 5.02 Å². The molecular weight excluding hydrogens is 406 g/mol. The van der Waals surface area contributed by atoms with E-state index in [1.54, 1.807) is 36.4 Å². The molecular formula is C22H22ClN3O4. The lowest BCUT2D eigenvalue weighted by Crippen LogP contribution is -2.19. The molecule has 3 aromatic rings. The number of H-pyrrole nitrogens is 1. The number of hydrogen-bond acceptors (Lipinski definition) is 4. The smallest absolute Gasteiger partial charge is 0.409 e. The highest BCUT2D eigenvalue weighted by Gasteiger charge is 2.22. The van der Waals surface area contributed by atoms with Gasteiger partial charge in [-0.2, -0.15) is 0 Å². The summed E-state index contributed by atoms with van der Waals surface area (Å²) in [5, 5.41) is 15.7. The van der Waals surface area contributed by atoms with Crippen molar-refractivity contribution in [3.63, 3.8) is 0 Å². The largest absolute Gasteiger partial charge is 0.492 e. The van der Waals surface area contributed by atoms with Gasteiger partial charge in [-0.25, -0.2) is 4.79 Å². The van der Waals surface area contributed by atoms with Gasteiger partial charge in [-0.05, 0) is 56.0 Å². The Hall–Kier alpha value is -3.19. The summed E-state index contributed by atoms with van der Waals surface area (Å²) in [5.74, 6) is 1.18. The number of rotatable bonds is 7. The maximum atomic E-state index is 12.7. The second-order valence-electron chi connectivity index (χ2n) is 7.56. The Kier molecular flexibility index (Phi) is 5.55. The van der Waals surface area contributed by atoms with Crippen LogP contribution in [-0.2, 0) is 0 Å². The number of aromatic amines is 1. The van der Waals surface area contributed by atoms with Crippen molar-refractivity contribution in [1.29, 1.82) is 0 Å². The first-order valence-corrected chi connectivity index (χ1v) is 10.1. The highest BCUT2D eigenvalue weighted by Crippen LogP contribution is 2.34. The summed E-state index contributed by atoms with van der Waals surface area (Å²) in [6, 6.07) is 11.9. The first-order chi connectivity index (χ1) is 14.4. The second-order valence-corrected chi connectivity index (χ2v) is 7.96. The minimum absolute atomic E-state index is 0.210. The van der Waals surface area contributed by atoms with Gasteiger partial charge in [0.2, 0.25) is 0 Å². The molecule has 1 saturated carbocycles. The Morgan fingerprint density at radius 1 is 1.27 bits per heavy atom. The van der Waals surface area contributed by atoms with E-state index in [0.717, 1.165) is 5.39 Å². The number of hydrogen-bond donors (Lipinski definition) is 4. The van der Waals surface area contributed by atoms with Crippen LogP contribution in [0.5, 0.6) is 5.75 Å². The first-order valence-electron chi connectivity index (χ1n) is 9.75. The third kappa shape index (κ3) is 4.68. The van der Waals surface area contributed by atoms with E-state index in [1.165, 1.54) is 12.8 Å². The molecule has 4 N–H and O–H groups in total. The van der Waals surface area contributed by atoms with Crippen LogP contribution in [0.25, 0.3) is 10.9 Å². The lowest BCUT2D eigenvalue weighted by Gasteiger charge is -2.17. The van der Waals surface area contributed by atoms with Gasteiger partial charge in [-0.1, -0.05) is 17.7 Å². The molecule has 0 aliphatic heterocycles. The molecule has 1 aromatic heterocycles. The van der Waals surface area contributed by atoms with E-state index in [4.69, 9.17) is 21.4 Å². The predicted molar refractivity (Wildman–Crippen MR) is 118 cm³/mol. The minimum atomic E-state index is -1.14. The van der Waals surface area contributed by atoms with Gasteiger partial charge in [0.1, 0.15) is 5.75 Å². The first kappa shape index (κ1) is 20.1. The Morgan fingerprint density at radius 3 is 2.77 bits per heavy atom. The van der Waals surface area contributed by atoms with E-state index in [-0.39, 0.29) is 11.6 Å². The fraction of sp³-hybridized carbons (Fsp3) is 0.273. The maximum Gasteiger partial charge on any atom is 0.409 e. The number of carboxylic acid groups (broad SMARTS) is 1. The van der Waals surface area contributed by atoms with E-state index >= 15 is 0 Å². The van der Waals surface area contributed by atoms with Crippen LogP contribution in [0, 0.1) is 5.92 Å². The number of nitrogens with one attached hydrogen (secondary N) is 3. The Bertz CT molecular complexity index is 1160. The van der Waals surface area contributed by atoms with Crippen LogP contribution >= 0.6 is 11.6 Å². The molecule has 1 atom stereocenters. The Labute approximate surface area is 178 Å². The van der Waals surface area contributed by atoms with Gasteiger partial charge >= 0.3 is 6.09 Å². The fourth-order valence-electron chi connectivity index (χ4n) is 3.29. The quantitative estimate of drug-likeness (QED) is 0.413. The summed E-state index contributed by atoms with van der Waals surface area (Å²) in [6.45, 7) is 2.51. The lowest BCUT2D eigenvalue weighted by molar-refractivity contribution is 0.210. The minimum Gasteiger partial charge on any atom is -0.492 e. The average Bonchev–Trinajstić information content (AvgIpc) is 3.50. The molecule has 1 amide bonds. The third-order valence-corrected chi connectivity index (χ3v) is 5.36. The normalized spacial score (nSPS) is 14.3. The van der Waals surface area contributed by atoms with Gasteiger partial charge in [-0.15, -0.1) is 0 Å². The van der Waals surface area contributed by atoms with Crippen molar-refractivity contribution < 1.29 is 14.6 Å². The molecule has 1 unspecified atom stereocenters. The number of pyridine rings is 1. The van der Waals surface area contributed by atoms with E-state index in [0.29, 0.717) is 45.8 Å². The zero-order valence-electron chi connectivity index (χ0n) is 16.4. The van der Waals surface area contributed by atoms with Crippen molar-refractivity contribution in [2.24, 2.45) is 5.92 Å². The summed E-state index contributed by atoms with van der Waals surface area (Å²) in [5.41, 5.74) is 2.13. The number of amides is 1. The monoisotopic (exact) mass is 427 g/mol. The molecule has 156 valence electrons. The maximum absolute atomic E-state index is 12.7. The van der Waals surface area contributed by atoms with Crippen molar-refractivity contribution in [3.8, 4) is 5.75 Å². The molecule has 1 heterocycles. The molecule has 30 heavy (non-hydrogen) atoms.